The number of hydrogen-bond acceptors (Lipinski definition) is 7. The van der Waals surface area contributed by atoms with E-state index in [4.69, 9.17) is 7.85 Å². The summed E-state index contributed by atoms with van der Waals surface area (Å²) in [4.78, 5) is 32.1. The van der Waals surface area contributed by atoms with E-state index in [1.165, 1.54) is 43.7 Å². The molecular formula is C29H26BFN8O2S. The molecular weight excluding hydrogens is 554 g/mol. The fraction of sp³-hybridized carbons (Fsp3) is 0.241. The average molecular weight is 580 g/mol. The number of urea groups is 1. The summed E-state index contributed by atoms with van der Waals surface area (Å²) in [5.74, 6) is -0.270. The van der Waals surface area contributed by atoms with Gasteiger partial charge in [0.25, 0.3) is 11.9 Å². The van der Waals surface area contributed by atoms with Crippen molar-refractivity contribution in [2.24, 2.45) is 0 Å². The zero-order chi connectivity index (χ0) is 29.1. The first-order chi connectivity index (χ1) is 20.4. The molecule has 2 aromatic heterocycles. The van der Waals surface area contributed by atoms with Crippen molar-refractivity contribution in [3.63, 3.8) is 0 Å². The van der Waals surface area contributed by atoms with E-state index in [-0.39, 0.29) is 29.0 Å². The van der Waals surface area contributed by atoms with E-state index in [0.29, 0.717) is 27.4 Å². The number of carbonyl (C=O) groups is 2. The largest absolute Gasteiger partial charge is 0.328 e. The molecule has 210 valence electrons. The highest BCUT2D eigenvalue weighted by atomic mass is 32.1. The second-order valence-electron chi connectivity index (χ2n) is 10.2. The Morgan fingerprint density at radius 3 is 2.50 bits per heavy atom. The van der Waals surface area contributed by atoms with Gasteiger partial charge in [-0.2, -0.15) is 5.21 Å². The predicted octanol–water partition coefficient (Wildman–Crippen LogP) is 5.28. The Hall–Kier alpha value is -4.65. The van der Waals surface area contributed by atoms with Crippen LogP contribution in [0.2, 0.25) is 0 Å². The van der Waals surface area contributed by atoms with Crippen LogP contribution in [-0.2, 0) is 6.54 Å². The maximum absolute atomic E-state index is 14.4. The highest BCUT2D eigenvalue weighted by molar-refractivity contribution is 7.22. The number of nitrogens with one attached hydrogen (secondary N) is 3. The lowest BCUT2D eigenvalue weighted by atomic mass is 9.84. The highest BCUT2D eigenvalue weighted by Gasteiger charge is 2.21. The molecule has 2 radical (unpaired) electrons. The minimum absolute atomic E-state index is 0.0704. The Morgan fingerprint density at radius 1 is 1.02 bits per heavy atom. The number of amides is 3. The van der Waals surface area contributed by atoms with Gasteiger partial charge in [-0.05, 0) is 71.5 Å². The third kappa shape index (κ3) is 6.15. The van der Waals surface area contributed by atoms with Crippen molar-refractivity contribution in [1.82, 2.24) is 25.6 Å². The van der Waals surface area contributed by atoms with Crippen molar-refractivity contribution < 1.29 is 14.0 Å². The van der Waals surface area contributed by atoms with Crippen LogP contribution < -0.4 is 21.0 Å². The van der Waals surface area contributed by atoms with Crippen molar-refractivity contribution in [2.45, 2.75) is 44.6 Å². The number of tetrazole rings is 1. The highest BCUT2D eigenvalue weighted by Crippen LogP contribution is 2.34. The topological polar surface area (TPSA) is 129 Å². The van der Waals surface area contributed by atoms with Crippen molar-refractivity contribution in [2.75, 3.05) is 15.5 Å². The Kier molecular flexibility index (Phi) is 7.91. The normalized spacial score (nSPS) is 13.6. The number of H-pyrrole nitrogens is 1. The van der Waals surface area contributed by atoms with Gasteiger partial charge in [0.2, 0.25) is 0 Å². The number of rotatable bonds is 7. The molecule has 2 heterocycles. The monoisotopic (exact) mass is 580 g/mol. The smallest absolute Gasteiger partial charge is 0.290 e. The maximum atomic E-state index is 14.4. The van der Waals surface area contributed by atoms with Gasteiger partial charge in [-0.15, -0.1) is 5.10 Å². The Labute approximate surface area is 246 Å². The van der Waals surface area contributed by atoms with Crippen LogP contribution in [0.5, 0.6) is 0 Å². The van der Waals surface area contributed by atoms with E-state index in [0.717, 1.165) is 16.9 Å². The first-order valence-corrected chi connectivity index (χ1v) is 14.4. The first-order valence-electron chi connectivity index (χ1n) is 13.6. The zero-order valence-corrected chi connectivity index (χ0v) is 23.3. The number of hydrogen-bond donors (Lipinski definition) is 3. The molecule has 10 nitrogen and oxygen atoms in total. The van der Waals surface area contributed by atoms with Crippen LogP contribution in [0.25, 0.3) is 10.2 Å². The van der Waals surface area contributed by atoms with Gasteiger partial charge in [0, 0.05) is 11.3 Å². The summed E-state index contributed by atoms with van der Waals surface area (Å²) < 4.78 is 14.7. The quantitative estimate of drug-likeness (QED) is 0.225. The molecule has 3 N–H and O–H groups in total. The van der Waals surface area contributed by atoms with Crippen molar-refractivity contribution in [3.05, 3.63) is 83.2 Å². The minimum Gasteiger partial charge on any atom is -0.290 e. The first kappa shape index (κ1) is 27.5. The molecule has 0 atom stereocenters. The van der Waals surface area contributed by atoms with Gasteiger partial charge in [0.05, 0.1) is 16.8 Å². The third-order valence-electron chi connectivity index (χ3n) is 7.33. The number of anilines is 3. The molecule has 3 aromatic carbocycles. The SMILES string of the molecule is [B]c1cc(F)c2sc(NC(=O)N(Cc3ccc(C(=O)Nc4nn[nH]n4)cc3)c3ccc(C4CCCCC4)cc3)nc2c1. The van der Waals surface area contributed by atoms with Gasteiger partial charge >= 0.3 is 6.03 Å². The van der Waals surface area contributed by atoms with Crippen molar-refractivity contribution in [1.29, 1.82) is 0 Å². The van der Waals surface area contributed by atoms with Gasteiger partial charge in [-0.25, -0.2) is 14.2 Å². The van der Waals surface area contributed by atoms with Gasteiger partial charge in [0.1, 0.15) is 13.7 Å². The lowest BCUT2D eigenvalue weighted by molar-refractivity contribution is 0.102. The molecule has 1 aliphatic carbocycles. The molecule has 0 bridgehead atoms. The van der Waals surface area contributed by atoms with Gasteiger partial charge in [0.15, 0.2) is 5.13 Å². The summed E-state index contributed by atoms with van der Waals surface area (Å²) in [6.07, 6.45) is 6.10. The number of carbonyl (C=O) groups excluding carboxylic acids is 2. The molecule has 42 heavy (non-hydrogen) atoms. The summed E-state index contributed by atoms with van der Waals surface area (Å²) in [5, 5.41) is 18.8. The summed E-state index contributed by atoms with van der Waals surface area (Å²) in [5.41, 5.74) is 3.80. The average Bonchev–Trinajstić information content (AvgIpc) is 3.66. The van der Waals surface area contributed by atoms with E-state index in [1.807, 2.05) is 12.1 Å². The predicted molar refractivity (Wildman–Crippen MR) is 161 cm³/mol. The second-order valence-corrected chi connectivity index (χ2v) is 11.2. The van der Waals surface area contributed by atoms with Crippen LogP contribution in [-0.4, -0.2) is 45.4 Å². The van der Waals surface area contributed by atoms with Crippen LogP contribution in [0.15, 0.2) is 60.7 Å². The summed E-state index contributed by atoms with van der Waals surface area (Å²) in [6, 6.07) is 17.3. The van der Waals surface area contributed by atoms with Crippen LogP contribution in [0.3, 0.4) is 0 Å². The Morgan fingerprint density at radius 2 is 1.79 bits per heavy atom. The standard InChI is InChI=1S/C29H26BFN8O2S/c30-21-14-23(31)25-24(15-21)32-28(42-25)34-29(41)39(22-12-10-19(11-13-22)18-4-2-1-3-5-18)16-17-6-8-20(9-7-17)26(40)33-27-35-37-38-36-27/h6-15,18H,1-5,16H2,(H,32,34,41)(H2,33,35,36,37,38,40). The molecule has 1 fully saturated rings. The fourth-order valence-electron chi connectivity index (χ4n) is 5.20. The number of aromatic nitrogens is 5. The maximum Gasteiger partial charge on any atom is 0.328 e. The summed E-state index contributed by atoms with van der Waals surface area (Å²) in [7, 11) is 5.77. The molecule has 0 spiro atoms. The molecule has 0 saturated heterocycles. The lowest BCUT2D eigenvalue weighted by Gasteiger charge is -2.25. The van der Waals surface area contributed by atoms with Crippen LogP contribution >= 0.6 is 11.3 Å². The number of fused-ring (bicyclic) bond motifs is 1. The molecule has 1 aliphatic rings. The molecule has 0 aliphatic heterocycles. The number of thiazole rings is 1. The number of benzene rings is 3. The van der Waals surface area contributed by atoms with E-state index < -0.39 is 11.8 Å². The lowest BCUT2D eigenvalue weighted by Crippen LogP contribution is -2.34. The molecule has 1 saturated carbocycles. The molecule has 3 amide bonds. The Bertz CT molecular complexity index is 1700. The second kappa shape index (κ2) is 12.1. The molecule has 5 aromatic rings. The van der Waals surface area contributed by atoms with Crippen LogP contribution in [0.4, 0.5) is 26.0 Å². The van der Waals surface area contributed by atoms with Crippen molar-refractivity contribution >= 4 is 63.6 Å². The zero-order valence-electron chi connectivity index (χ0n) is 22.5. The van der Waals surface area contributed by atoms with E-state index >= 15 is 0 Å². The third-order valence-corrected chi connectivity index (χ3v) is 8.33. The number of aromatic amines is 1. The van der Waals surface area contributed by atoms with Crippen molar-refractivity contribution in [3.8, 4) is 0 Å². The number of halogens is 1. The Balaban J connectivity index is 1.24. The fourth-order valence-corrected chi connectivity index (χ4v) is 6.04. The van der Waals surface area contributed by atoms with Gasteiger partial charge in [-0.1, -0.05) is 65.4 Å². The summed E-state index contributed by atoms with van der Waals surface area (Å²) >= 11 is 1.05. The van der Waals surface area contributed by atoms with E-state index in [9.17, 15) is 14.0 Å². The van der Waals surface area contributed by atoms with Crippen LogP contribution in [0, 0.1) is 5.82 Å². The van der Waals surface area contributed by atoms with Gasteiger partial charge in [-0.3, -0.25) is 20.3 Å². The van der Waals surface area contributed by atoms with Crippen LogP contribution in [0.1, 0.15) is 59.5 Å². The number of nitrogens with zero attached hydrogens (tertiary/aromatic N) is 5. The molecule has 6 rings (SSSR count). The van der Waals surface area contributed by atoms with E-state index in [2.05, 4.69) is 48.4 Å². The van der Waals surface area contributed by atoms with Gasteiger partial charge < -0.3 is 0 Å². The molecule has 0 unspecified atom stereocenters. The van der Waals surface area contributed by atoms with E-state index in [1.54, 1.807) is 35.2 Å². The molecule has 13 heteroatoms. The summed E-state index contributed by atoms with van der Waals surface area (Å²) in [6.45, 7) is 0.216. The minimum atomic E-state index is -0.485.